The van der Waals surface area contributed by atoms with Crippen LogP contribution in [0.3, 0.4) is 0 Å². The Morgan fingerprint density at radius 3 is 0.620 bits per heavy atom. The molecular formula is C62H128F8O. The Hall–Kier alpha value is -0.600. The lowest BCUT2D eigenvalue weighted by Crippen LogP contribution is -2.31. The van der Waals surface area contributed by atoms with Gasteiger partial charge in [0.1, 0.15) is 17.9 Å². The monoisotopic (exact) mass is 1040 g/mol. The van der Waals surface area contributed by atoms with E-state index in [1.807, 2.05) is 76.2 Å². The Labute approximate surface area is 440 Å². The van der Waals surface area contributed by atoms with Crippen molar-refractivity contribution in [2.75, 3.05) is 13.7 Å². The second-order valence-electron chi connectivity index (χ2n) is 25.8. The standard InChI is InChI=1S/2C11H23F.C11H24.C10H20F2O.C10H20F2.C9H18F2/c2*1-6-10(4,7-2)9-11(5,12)8-3;1-7-11(6,8-2)9-10(3,4)5;1-5-9(3,6-2)7-10(11,12)8-13-4;1-5-9(4,6-2)8-10(11,12)7-3;1-5-8(3,6-2)7-9(4,10)11/h2*6-9H2,1-5H3;7-9H2,1-6H3;5-8H2,1-4H3;5-8H2,1-4H3;5-7H2,1-4H3. The zero-order chi connectivity index (χ0) is 58.3. The molecular weight excluding hydrogens is 913 g/mol. The average molecular weight is 1040 g/mol. The predicted octanol–water partition coefficient (Wildman–Crippen LogP) is 24.5. The molecule has 9 heteroatoms. The smallest absolute Gasteiger partial charge is 0.271 e. The molecule has 0 fully saturated rings. The van der Waals surface area contributed by atoms with Gasteiger partial charge in [0, 0.05) is 32.8 Å². The summed E-state index contributed by atoms with van der Waals surface area (Å²) in [7, 11) is 1.31. The highest BCUT2D eigenvalue weighted by Gasteiger charge is 2.38. The molecule has 0 radical (unpaired) electrons. The molecule has 0 aromatic carbocycles. The van der Waals surface area contributed by atoms with Crippen molar-refractivity contribution in [1.82, 2.24) is 0 Å². The molecule has 0 aromatic heterocycles. The fraction of sp³-hybridized carbons (Fsp3) is 1.00. The number of alkyl halides is 8. The van der Waals surface area contributed by atoms with Crippen LogP contribution >= 0.6 is 0 Å². The second-order valence-corrected chi connectivity index (χ2v) is 25.8. The maximum absolute atomic E-state index is 13.7. The van der Waals surface area contributed by atoms with Crippen LogP contribution in [0.2, 0.25) is 0 Å². The SMILES string of the molecule is CCC(C)(CC)CC(C)(C)C.CCC(C)(CC)CC(C)(F)F.CCC(C)(CC)CC(F)(F)COC.CCC(C)(F)CC(C)(CC)CC.CCC(C)(F)CC(C)(CC)CC.CCC(F)(F)CC(C)(CC)CC. The van der Waals surface area contributed by atoms with E-state index in [0.29, 0.717) is 36.5 Å². The summed E-state index contributed by atoms with van der Waals surface area (Å²) in [6.07, 6.45) is 15.7. The van der Waals surface area contributed by atoms with Gasteiger partial charge in [-0.2, -0.15) is 0 Å². The van der Waals surface area contributed by atoms with Crippen molar-refractivity contribution in [3.63, 3.8) is 0 Å². The van der Waals surface area contributed by atoms with E-state index in [1.54, 1.807) is 20.8 Å². The Bertz CT molecular complexity index is 1110. The molecule has 1 nitrogen and oxygen atoms in total. The third-order valence-electron chi connectivity index (χ3n) is 17.2. The van der Waals surface area contributed by atoms with E-state index in [1.165, 1.54) is 26.4 Å². The molecule has 0 amide bonds. The summed E-state index contributed by atoms with van der Waals surface area (Å²) in [6.45, 7) is 53.9. The summed E-state index contributed by atoms with van der Waals surface area (Å²) in [4.78, 5) is 0. The molecule has 0 spiro atoms. The third kappa shape index (κ3) is 44.3. The minimum atomic E-state index is -2.68. The highest BCUT2D eigenvalue weighted by atomic mass is 19.3. The van der Waals surface area contributed by atoms with E-state index in [0.717, 1.165) is 71.1 Å². The summed E-state index contributed by atoms with van der Waals surface area (Å²) in [5.74, 6) is -7.67. The van der Waals surface area contributed by atoms with Gasteiger partial charge in [0.2, 0.25) is 11.8 Å². The second kappa shape index (κ2) is 36.4. The van der Waals surface area contributed by atoms with Crippen LogP contribution < -0.4 is 0 Å². The molecule has 0 saturated carbocycles. The molecule has 0 aliphatic heterocycles. The van der Waals surface area contributed by atoms with Gasteiger partial charge in [0.15, 0.2) is 0 Å². The number of ether oxygens (including phenoxy) is 1. The predicted molar refractivity (Wildman–Crippen MR) is 302 cm³/mol. The molecule has 2 atom stereocenters. The Balaban J connectivity index is -0.000000179. The van der Waals surface area contributed by atoms with Crippen molar-refractivity contribution in [3.8, 4) is 0 Å². The van der Waals surface area contributed by atoms with Crippen molar-refractivity contribution in [3.05, 3.63) is 0 Å². The van der Waals surface area contributed by atoms with E-state index in [9.17, 15) is 35.1 Å². The summed E-state index contributed by atoms with van der Waals surface area (Å²) in [5, 5.41) is 0. The molecule has 438 valence electrons. The lowest BCUT2D eigenvalue weighted by atomic mass is 9.72. The van der Waals surface area contributed by atoms with Crippen molar-refractivity contribution in [2.24, 2.45) is 37.9 Å². The van der Waals surface area contributed by atoms with Gasteiger partial charge in [-0.05, 0) is 90.8 Å². The lowest BCUT2D eigenvalue weighted by Gasteiger charge is -2.34. The van der Waals surface area contributed by atoms with E-state index in [2.05, 4.69) is 87.8 Å². The Morgan fingerprint density at radius 2 is 0.465 bits per heavy atom. The van der Waals surface area contributed by atoms with Crippen LogP contribution in [-0.2, 0) is 4.74 Å². The number of hydrogen-bond acceptors (Lipinski definition) is 1. The topological polar surface area (TPSA) is 9.23 Å². The molecule has 0 heterocycles. The Morgan fingerprint density at radius 1 is 0.254 bits per heavy atom. The largest absolute Gasteiger partial charge is 0.378 e. The first-order chi connectivity index (χ1) is 31.7. The third-order valence-corrected chi connectivity index (χ3v) is 17.2. The van der Waals surface area contributed by atoms with Gasteiger partial charge in [-0.25, -0.2) is 35.1 Å². The van der Waals surface area contributed by atoms with Gasteiger partial charge in [-0.15, -0.1) is 0 Å². The van der Waals surface area contributed by atoms with Gasteiger partial charge < -0.3 is 4.74 Å². The summed E-state index contributed by atoms with van der Waals surface area (Å²) < 4.78 is 109. The molecule has 0 aliphatic carbocycles. The van der Waals surface area contributed by atoms with E-state index in [-0.39, 0.29) is 52.8 Å². The van der Waals surface area contributed by atoms with Crippen LogP contribution in [0.5, 0.6) is 0 Å². The number of rotatable bonds is 28. The molecule has 2 unspecified atom stereocenters. The summed E-state index contributed by atoms with van der Waals surface area (Å²) >= 11 is 0. The number of halogens is 8. The lowest BCUT2D eigenvalue weighted by molar-refractivity contribution is -0.0946. The highest BCUT2D eigenvalue weighted by Crippen LogP contribution is 2.42. The normalized spacial score (nSPS) is 14.9. The number of hydrogen-bond donors (Lipinski definition) is 0. The maximum atomic E-state index is 13.7. The fourth-order valence-corrected chi connectivity index (χ4v) is 8.70. The van der Waals surface area contributed by atoms with Crippen LogP contribution in [-0.4, -0.2) is 42.8 Å². The van der Waals surface area contributed by atoms with Crippen LogP contribution in [0.15, 0.2) is 0 Å². The fourth-order valence-electron chi connectivity index (χ4n) is 8.70. The maximum Gasteiger partial charge on any atom is 0.271 e. The van der Waals surface area contributed by atoms with E-state index in [4.69, 9.17) is 0 Å². The van der Waals surface area contributed by atoms with E-state index < -0.39 is 35.7 Å². The average Bonchev–Trinajstić information content (AvgIpc) is 3.28. The first kappa shape index (κ1) is 81.8. The molecule has 0 aromatic rings. The molecule has 0 rings (SSSR count). The van der Waals surface area contributed by atoms with Gasteiger partial charge in [0.05, 0.1) is 0 Å². The first-order valence-electron chi connectivity index (χ1n) is 28.7. The molecule has 0 aliphatic rings. The summed E-state index contributed by atoms with van der Waals surface area (Å²) in [6, 6.07) is 0. The highest BCUT2D eigenvalue weighted by molar-refractivity contribution is 4.85. The van der Waals surface area contributed by atoms with Crippen molar-refractivity contribution < 1.29 is 39.9 Å². The van der Waals surface area contributed by atoms with Crippen molar-refractivity contribution in [1.29, 1.82) is 0 Å². The minimum absolute atomic E-state index is 0.00694. The molecule has 71 heavy (non-hydrogen) atoms. The minimum Gasteiger partial charge on any atom is -0.378 e. The van der Waals surface area contributed by atoms with Crippen LogP contribution in [0.4, 0.5) is 35.1 Å². The molecule has 0 bridgehead atoms. The zero-order valence-corrected chi connectivity index (χ0v) is 53.0. The van der Waals surface area contributed by atoms with Crippen LogP contribution in [0, 0.1) is 37.9 Å². The summed E-state index contributed by atoms with van der Waals surface area (Å²) in [5.41, 5.74) is -1.13. The van der Waals surface area contributed by atoms with Crippen molar-refractivity contribution in [2.45, 2.75) is 351 Å². The van der Waals surface area contributed by atoms with Gasteiger partial charge in [-0.3, -0.25) is 0 Å². The van der Waals surface area contributed by atoms with Gasteiger partial charge >= 0.3 is 0 Å². The van der Waals surface area contributed by atoms with E-state index >= 15 is 0 Å². The van der Waals surface area contributed by atoms with Gasteiger partial charge in [0.25, 0.3) is 5.92 Å². The quantitative estimate of drug-likeness (QED) is 0.0710. The zero-order valence-electron chi connectivity index (χ0n) is 53.0. The Kier molecular flexibility index (Phi) is 42.0. The number of methoxy groups -OCH3 is 1. The molecule has 0 saturated heterocycles. The first-order valence-corrected chi connectivity index (χ1v) is 28.7. The van der Waals surface area contributed by atoms with Crippen LogP contribution in [0.25, 0.3) is 0 Å². The van der Waals surface area contributed by atoms with Crippen molar-refractivity contribution >= 4 is 0 Å². The van der Waals surface area contributed by atoms with Crippen LogP contribution in [0.1, 0.15) is 322 Å². The van der Waals surface area contributed by atoms with Gasteiger partial charge in [-0.1, -0.05) is 243 Å². The molecule has 0 N–H and O–H groups in total.